The van der Waals surface area contributed by atoms with Crippen molar-refractivity contribution in [2.45, 2.75) is 33.6 Å². The lowest BCUT2D eigenvalue weighted by atomic mass is 9.97. The summed E-state index contributed by atoms with van der Waals surface area (Å²) < 4.78 is 0. The quantitative estimate of drug-likeness (QED) is 0.525. The number of hydrogen-bond donors (Lipinski definition) is 0. The van der Waals surface area contributed by atoms with Crippen LogP contribution in [0.2, 0.25) is 0 Å². The van der Waals surface area contributed by atoms with E-state index in [0.29, 0.717) is 5.92 Å². The van der Waals surface area contributed by atoms with Gasteiger partial charge in [0.1, 0.15) is 0 Å². The monoisotopic (exact) mass is 111 g/mol. The zero-order valence-corrected chi connectivity index (χ0v) is 6.07. The summed E-state index contributed by atoms with van der Waals surface area (Å²) >= 11 is 0. The molecule has 0 aromatic carbocycles. The van der Waals surface area contributed by atoms with Gasteiger partial charge in [-0.1, -0.05) is 26.0 Å². The molecule has 0 aromatic heterocycles. The van der Waals surface area contributed by atoms with Gasteiger partial charge in [0.15, 0.2) is 0 Å². The van der Waals surface area contributed by atoms with E-state index in [4.69, 9.17) is 6.58 Å². The molecule has 1 radical (unpaired) electrons. The highest BCUT2D eigenvalue weighted by Gasteiger charge is 2.00. The Morgan fingerprint density at radius 1 is 1.38 bits per heavy atom. The fourth-order valence-corrected chi connectivity index (χ4v) is 0.933. The largest absolute Gasteiger partial charge is 0.0702 e. The molecule has 8 heavy (non-hydrogen) atoms. The van der Waals surface area contributed by atoms with Crippen molar-refractivity contribution in [1.82, 2.24) is 0 Å². The minimum atomic E-state index is 0.648. The van der Waals surface area contributed by atoms with Crippen molar-refractivity contribution in [3.8, 4) is 0 Å². The lowest BCUT2D eigenvalue weighted by molar-refractivity contribution is 0.572. The van der Waals surface area contributed by atoms with E-state index in [1.807, 2.05) is 6.92 Å². The van der Waals surface area contributed by atoms with Gasteiger partial charge < -0.3 is 0 Å². The van der Waals surface area contributed by atoms with E-state index in [1.165, 1.54) is 12.8 Å². The van der Waals surface area contributed by atoms with E-state index in [1.54, 1.807) is 0 Å². The third kappa shape index (κ3) is 2.15. The van der Waals surface area contributed by atoms with Gasteiger partial charge in [0.05, 0.1) is 0 Å². The fourth-order valence-electron chi connectivity index (χ4n) is 0.933. The van der Waals surface area contributed by atoms with E-state index in [0.717, 1.165) is 5.57 Å². The predicted octanol–water partition coefficient (Wildman–Crippen LogP) is 2.80. The topological polar surface area (TPSA) is 0 Å². The van der Waals surface area contributed by atoms with Crippen LogP contribution in [0.25, 0.3) is 0 Å². The molecule has 0 aliphatic heterocycles. The van der Waals surface area contributed by atoms with Crippen LogP contribution in [0.4, 0.5) is 0 Å². The molecule has 0 saturated carbocycles. The Balaban J connectivity index is 3.52. The van der Waals surface area contributed by atoms with Crippen molar-refractivity contribution in [2.24, 2.45) is 5.92 Å². The Labute approximate surface area is 52.6 Å². The molecular formula is C8H15. The summed E-state index contributed by atoms with van der Waals surface area (Å²) in [4.78, 5) is 0. The highest BCUT2D eigenvalue weighted by Crippen LogP contribution is 2.14. The second-order valence-corrected chi connectivity index (χ2v) is 2.26. The Hall–Kier alpha value is -0.260. The highest BCUT2D eigenvalue weighted by molar-refractivity contribution is 4.91. The lowest BCUT2D eigenvalue weighted by Crippen LogP contribution is -1.95. The third-order valence-electron chi connectivity index (χ3n) is 1.63. The maximum absolute atomic E-state index is 5.57. The Bertz CT molecular complexity index is 68.1. The van der Waals surface area contributed by atoms with E-state index in [9.17, 15) is 0 Å². The van der Waals surface area contributed by atoms with E-state index in [-0.39, 0.29) is 0 Å². The average Bonchev–Trinajstić information content (AvgIpc) is 1.69. The molecule has 0 spiro atoms. The standard InChI is InChI=1S/C8H15/c1-5-8(6-2)7(3)4/h3,8H,5-6H2,1-2,4H3. The Morgan fingerprint density at radius 3 is 1.75 bits per heavy atom. The zero-order chi connectivity index (χ0) is 6.57. The smallest absolute Gasteiger partial charge is 0.0208 e. The molecule has 0 heterocycles. The van der Waals surface area contributed by atoms with Crippen molar-refractivity contribution in [1.29, 1.82) is 0 Å². The Morgan fingerprint density at radius 2 is 1.75 bits per heavy atom. The molecule has 0 aliphatic carbocycles. The van der Waals surface area contributed by atoms with Gasteiger partial charge in [0.25, 0.3) is 0 Å². The van der Waals surface area contributed by atoms with Gasteiger partial charge in [-0.25, -0.2) is 0 Å². The highest BCUT2D eigenvalue weighted by atomic mass is 14.1. The van der Waals surface area contributed by atoms with Gasteiger partial charge in [-0.2, -0.15) is 0 Å². The van der Waals surface area contributed by atoms with Gasteiger partial charge in [-0.15, -0.1) is 0 Å². The maximum atomic E-state index is 5.57. The molecule has 0 unspecified atom stereocenters. The van der Waals surface area contributed by atoms with Crippen LogP contribution >= 0.6 is 0 Å². The molecule has 0 saturated heterocycles. The van der Waals surface area contributed by atoms with Crippen LogP contribution in [0.15, 0.2) is 5.57 Å². The molecule has 0 rings (SSSR count). The third-order valence-corrected chi connectivity index (χ3v) is 1.63. The van der Waals surface area contributed by atoms with Crippen LogP contribution in [0.5, 0.6) is 0 Å². The van der Waals surface area contributed by atoms with Crippen LogP contribution in [0.1, 0.15) is 33.6 Å². The summed E-state index contributed by atoms with van der Waals surface area (Å²) in [6.07, 6.45) is 2.36. The summed E-state index contributed by atoms with van der Waals surface area (Å²) in [5.74, 6) is 0.648. The summed E-state index contributed by atoms with van der Waals surface area (Å²) in [6.45, 7) is 11.9. The fraction of sp³-hybridized carbons (Fsp3) is 0.750. The molecule has 0 amide bonds. The van der Waals surface area contributed by atoms with E-state index >= 15 is 0 Å². The summed E-state index contributed by atoms with van der Waals surface area (Å²) in [7, 11) is 0. The Kier molecular flexibility index (Phi) is 3.59. The van der Waals surface area contributed by atoms with Gasteiger partial charge in [-0.3, -0.25) is 0 Å². The molecular weight excluding hydrogens is 96.1 g/mol. The number of hydrogen-bond acceptors (Lipinski definition) is 0. The van der Waals surface area contributed by atoms with Crippen molar-refractivity contribution in [3.05, 3.63) is 12.2 Å². The van der Waals surface area contributed by atoms with E-state index < -0.39 is 0 Å². The van der Waals surface area contributed by atoms with Crippen LogP contribution in [-0.2, 0) is 0 Å². The number of rotatable bonds is 3. The number of allylic oxidation sites excluding steroid dienone is 1. The minimum Gasteiger partial charge on any atom is -0.0702 e. The molecule has 0 fully saturated rings. The van der Waals surface area contributed by atoms with Gasteiger partial charge in [-0.05, 0) is 25.7 Å². The van der Waals surface area contributed by atoms with Gasteiger partial charge in [0, 0.05) is 0 Å². The molecule has 0 heteroatoms. The van der Waals surface area contributed by atoms with Crippen LogP contribution in [-0.4, -0.2) is 0 Å². The summed E-state index contributed by atoms with van der Waals surface area (Å²) in [5, 5.41) is 0. The van der Waals surface area contributed by atoms with Crippen LogP contribution < -0.4 is 0 Å². The molecule has 47 valence electrons. The summed E-state index contributed by atoms with van der Waals surface area (Å²) in [6, 6.07) is 0. The molecule has 0 aromatic rings. The molecule has 0 nitrogen and oxygen atoms in total. The first-order valence-corrected chi connectivity index (χ1v) is 3.31. The average molecular weight is 111 g/mol. The minimum absolute atomic E-state index is 0.648. The van der Waals surface area contributed by atoms with Crippen molar-refractivity contribution in [3.63, 3.8) is 0 Å². The second-order valence-electron chi connectivity index (χ2n) is 2.26. The molecule has 0 aliphatic rings. The van der Waals surface area contributed by atoms with Crippen molar-refractivity contribution < 1.29 is 0 Å². The van der Waals surface area contributed by atoms with Crippen LogP contribution in [0.3, 0.4) is 0 Å². The van der Waals surface area contributed by atoms with Crippen molar-refractivity contribution in [2.75, 3.05) is 0 Å². The van der Waals surface area contributed by atoms with E-state index in [2.05, 4.69) is 13.8 Å². The van der Waals surface area contributed by atoms with Gasteiger partial charge >= 0.3 is 0 Å². The maximum Gasteiger partial charge on any atom is -0.0208 e. The molecule has 0 N–H and O–H groups in total. The SMILES string of the molecule is [CH]=C(C)C(CC)CC. The summed E-state index contributed by atoms with van der Waals surface area (Å²) in [5.41, 5.74) is 1.08. The second kappa shape index (κ2) is 3.71. The van der Waals surface area contributed by atoms with Crippen LogP contribution in [0, 0.1) is 12.5 Å². The molecule has 0 bridgehead atoms. The first-order valence-electron chi connectivity index (χ1n) is 3.31. The normalized spacial score (nSPS) is 10.0. The first kappa shape index (κ1) is 7.74. The zero-order valence-electron chi connectivity index (χ0n) is 6.07. The van der Waals surface area contributed by atoms with Crippen molar-refractivity contribution >= 4 is 0 Å². The first-order chi connectivity index (χ1) is 3.72. The van der Waals surface area contributed by atoms with Gasteiger partial charge in [0.2, 0.25) is 0 Å². The molecule has 0 atom stereocenters. The predicted molar refractivity (Wildman–Crippen MR) is 37.6 cm³/mol. The lowest BCUT2D eigenvalue weighted by Gasteiger charge is -2.09.